The lowest BCUT2D eigenvalue weighted by atomic mass is 9.44. The number of aryl methyl sites for hydroxylation is 1. The van der Waals surface area contributed by atoms with Crippen LogP contribution in [0.25, 0.3) is 11.1 Å². The number of carbonyl (C=O) groups is 4. The molecule has 0 radical (unpaired) electrons. The number of hydrogen-bond acceptors (Lipinski definition) is 8. The number of phenols is 1. The van der Waals surface area contributed by atoms with E-state index in [1.165, 1.54) is 0 Å². The zero-order valence-corrected chi connectivity index (χ0v) is 26.1. The molecule has 0 spiro atoms. The molecule has 0 amide bonds. The Balaban J connectivity index is 1.81. The first-order valence-corrected chi connectivity index (χ1v) is 15.2. The first kappa shape index (κ1) is 31.4. The lowest BCUT2D eigenvalue weighted by Gasteiger charge is -2.59. The van der Waals surface area contributed by atoms with Crippen molar-refractivity contribution >= 4 is 23.1 Å². The molecule has 0 bridgehead atoms. The SMILES string of the molecule is CCC(=O)CCc1cc(-c2ccccc2)c2c(c1O)C(=O)C1=C(O)[C@@]3(O)C(=O)C(C(C)=O)=C(O)C(C(C)C)[C@@]3(C)C[C@@]1(C)C2. The summed E-state index contributed by atoms with van der Waals surface area (Å²) in [6.07, 6.45) is 0.901. The average molecular weight is 601 g/mol. The van der Waals surface area contributed by atoms with Gasteiger partial charge in [-0.25, -0.2) is 0 Å². The van der Waals surface area contributed by atoms with Crippen LogP contribution >= 0.6 is 0 Å². The number of ketones is 4. The second-order valence-corrected chi connectivity index (χ2v) is 13.5. The normalized spacial score (nSPS) is 28.1. The molecule has 0 saturated carbocycles. The molecular formula is C36H40O8. The minimum Gasteiger partial charge on any atom is -0.511 e. The van der Waals surface area contributed by atoms with Crippen molar-refractivity contribution in [2.75, 3.05) is 0 Å². The van der Waals surface area contributed by atoms with Gasteiger partial charge in [0.2, 0.25) is 5.78 Å². The average Bonchev–Trinajstić information content (AvgIpc) is 2.94. The maximum absolute atomic E-state index is 14.5. The van der Waals surface area contributed by atoms with E-state index in [1.807, 2.05) is 36.4 Å². The van der Waals surface area contributed by atoms with Gasteiger partial charge in [0.1, 0.15) is 28.6 Å². The molecule has 44 heavy (non-hydrogen) atoms. The first-order chi connectivity index (χ1) is 20.5. The van der Waals surface area contributed by atoms with Gasteiger partial charge in [-0.15, -0.1) is 0 Å². The maximum Gasteiger partial charge on any atom is 0.209 e. The predicted octanol–water partition coefficient (Wildman–Crippen LogP) is 5.93. The maximum atomic E-state index is 14.5. The summed E-state index contributed by atoms with van der Waals surface area (Å²) < 4.78 is 0. The zero-order chi connectivity index (χ0) is 32.5. The third kappa shape index (κ3) is 4.21. The zero-order valence-electron chi connectivity index (χ0n) is 26.1. The highest BCUT2D eigenvalue weighted by molar-refractivity contribution is 6.25. The number of rotatable bonds is 7. The number of Topliss-reactive ketones (excluding diaryl/α,β-unsaturated/α-hetero) is 4. The molecule has 3 aliphatic carbocycles. The molecule has 8 nitrogen and oxygen atoms in total. The van der Waals surface area contributed by atoms with E-state index in [4.69, 9.17) is 0 Å². The standard InChI is InChI=1S/C36H40O8/c1-7-22(38)14-13-21-15-23(20-11-9-8-10-12-20)24-16-34(5)17-35(6)27(18(2)3)30(40)25(19(4)37)32(42)36(35,44)33(43)28(34)31(41)26(24)29(21)39/h8-12,15,18,27,39-40,43-44H,7,13-14,16-17H2,1-6H3/t27?,34-,35-,36+/m1/s1. The lowest BCUT2D eigenvalue weighted by Crippen LogP contribution is -2.67. The molecule has 5 rings (SSSR count). The molecule has 2 aromatic rings. The van der Waals surface area contributed by atoms with E-state index in [9.17, 15) is 39.6 Å². The number of phenolic OH excluding ortho intramolecular Hbond substituents is 1. The largest absolute Gasteiger partial charge is 0.511 e. The summed E-state index contributed by atoms with van der Waals surface area (Å²) in [6, 6.07) is 11.2. The summed E-state index contributed by atoms with van der Waals surface area (Å²) in [5.74, 6) is -5.42. The second-order valence-electron chi connectivity index (χ2n) is 13.5. The monoisotopic (exact) mass is 600 g/mol. The molecule has 0 aromatic heterocycles. The van der Waals surface area contributed by atoms with E-state index >= 15 is 0 Å². The molecule has 0 aliphatic heterocycles. The summed E-state index contributed by atoms with van der Waals surface area (Å²) in [5, 5.41) is 47.1. The number of carbonyl (C=O) groups excluding carboxylic acids is 4. The Kier molecular flexibility index (Phi) is 7.52. The fourth-order valence-corrected chi connectivity index (χ4v) is 8.37. The van der Waals surface area contributed by atoms with Gasteiger partial charge in [0.15, 0.2) is 17.2 Å². The van der Waals surface area contributed by atoms with Crippen molar-refractivity contribution in [1.82, 2.24) is 0 Å². The summed E-state index contributed by atoms with van der Waals surface area (Å²) in [6.45, 7) is 9.87. The van der Waals surface area contributed by atoms with Crippen molar-refractivity contribution in [2.45, 2.75) is 79.2 Å². The molecule has 3 aliphatic rings. The van der Waals surface area contributed by atoms with E-state index in [2.05, 4.69) is 0 Å². The van der Waals surface area contributed by atoms with E-state index in [0.717, 1.165) is 12.5 Å². The Morgan fingerprint density at radius 3 is 2.25 bits per heavy atom. The van der Waals surface area contributed by atoms with Crippen LogP contribution < -0.4 is 0 Å². The molecule has 0 heterocycles. The quantitative estimate of drug-likeness (QED) is 0.286. The Bertz CT molecular complexity index is 1680. The summed E-state index contributed by atoms with van der Waals surface area (Å²) >= 11 is 0. The van der Waals surface area contributed by atoms with Crippen molar-refractivity contribution < 1.29 is 39.6 Å². The lowest BCUT2D eigenvalue weighted by molar-refractivity contribution is -0.171. The molecule has 0 fully saturated rings. The fraction of sp³-hybridized carbons (Fsp3) is 0.444. The van der Waals surface area contributed by atoms with Crippen LogP contribution in [0, 0.1) is 22.7 Å². The molecule has 1 unspecified atom stereocenters. The molecule has 232 valence electrons. The van der Waals surface area contributed by atoms with Crippen LogP contribution in [0.4, 0.5) is 0 Å². The summed E-state index contributed by atoms with van der Waals surface area (Å²) in [5.41, 5.74) is -3.61. The molecule has 8 heteroatoms. The van der Waals surface area contributed by atoms with E-state index in [-0.39, 0.29) is 54.3 Å². The molecule has 2 aromatic carbocycles. The van der Waals surface area contributed by atoms with Gasteiger partial charge in [0, 0.05) is 35.2 Å². The first-order valence-electron chi connectivity index (χ1n) is 15.2. The summed E-state index contributed by atoms with van der Waals surface area (Å²) in [4.78, 5) is 53.2. The van der Waals surface area contributed by atoms with Gasteiger partial charge in [0.05, 0.1) is 5.56 Å². The van der Waals surface area contributed by atoms with Crippen molar-refractivity contribution in [1.29, 1.82) is 0 Å². The minimum absolute atomic E-state index is 0.00419. The Hall–Kier alpha value is -4.04. The van der Waals surface area contributed by atoms with Crippen LogP contribution in [-0.4, -0.2) is 49.2 Å². The van der Waals surface area contributed by atoms with Crippen LogP contribution in [0.2, 0.25) is 0 Å². The van der Waals surface area contributed by atoms with Crippen LogP contribution in [0.5, 0.6) is 5.75 Å². The van der Waals surface area contributed by atoms with E-state index in [1.54, 1.807) is 34.6 Å². The Morgan fingerprint density at radius 2 is 1.68 bits per heavy atom. The van der Waals surface area contributed by atoms with Crippen LogP contribution in [0.15, 0.2) is 59.1 Å². The Labute approximate surface area is 257 Å². The van der Waals surface area contributed by atoms with Crippen molar-refractivity contribution in [3.05, 3.63) is 75.8 Å². The topological polar surface area (TPSA) is 149 Å². The van der Waals surface area contributed by atoms with Gasteiger partial charge in [-0.3, -0.25) is 19.2 Å². The van der Waals surface area contributed by atoms with Gasteiger partial charge in [-0.1, -0.05) is 65.0 Å². The van der Waals surface area contributed by atoms with Gasteiger partial charge in [0.25, 0.3) is 0 Å². The van der Waals surface area contributed by atoms with E-state index < -0.39 is 56.8 Å². The highest BCUT2D eigenvalue weighted by atomic mass is 16.3. The Morgan fingerprint density at radius 1 is 1.05 bits per heavy atom. The molecule has 4 atom stereocenters. The van der Waals surface area contributed by atoms with Gasteiger partial charge in [-0.05, 0) is 60.4 Å². The van der Waals surface area contributed by atoms with Crippen LogP contribution in [0.3, 0.4) is 0 Å². The second kappa shape index (κ2) is 10.5. The van der Waals surface area contributed by atoms with Gasteiger partial charge >= 0.3 is 0 Å². The highest BCUT2D eigenvalue weighted by Crippen LogP contribution is 2.65. The van der Waals surface area contributed by atoms with Crippen LogP contribution in [-0.2, 0) is 27.2 Å². The molecule has 0 saturated heterocycles. The number of allylic oxidation sites excluding steroid dienone is 2. The number of benzene rings is 2. The van der Waals surface area contributed by atoms with Crippen molar-refractivity contribution in [2.24, 2.45) is 22.7 Å². The minimum atomic E-state index is -2.67. The van der Waals surface area contributed by atoms with Crippen molar-refractivity contribution in [3.8, 4) is 16.9 Å². The number of fused-ring (bicyclic) bond motifs is 3. The summed E-state index contributed by atoms with van der Waals surface area (Å²) in [7, 11) is 0. The van der Waals surface area contributed by atoms with Gasteiger partial charge in [-0.2, -0.15) is 0 Å². The third-order valence-electron chi connectivity index (χ3n) is 10.2. The smallest absolute Gasteiger partial charge is 0.209 e. The number of aromatic hydroxyl groups is 1. The van der Waals surface area contributed by atoms with Crippen molar-refractivity contribution in [3.63, 3.8) is 0 Å². The predicted molar refractivity (Wildman–Crippen MR) is 164 cm³/mol. The van der Waals surface area contributed by atoms with Crippen LogP contribution in [0.1, 0.15) is 82.3 Å². The number of aliphatic hydroxyl groups is 3. The van der Waals surface area contributed by atoms with Gasteiger partial charge < -0.3 is 20.4 Å². The van der Waals surface area contributed by atoms with E-state index in [0.29, 0.717) is 23.1 Å². The third-order valence-corrected chi connectivity index (χ3v) is 10.2. The number of aliphatic hydroxyl groups excluding tert-OH is 2. The number of hydrogen-bond donors (Lipinski definition) is 4. The fourth-order valence-electron chi connectivity index (χ4n) is 8.37. The molecule has 4 N–H and O–H groups in total. The highest BCUT2D eigenvalue weighted by Gasteiger charge is 2.71. The molecular weight excluding hydrogens is 560 g/mol.